The monoisotopic (exact) mass is 427 g/mol. The van der Waals surface area contributed by atoms with E-state index in [1.54, 1.807) is 0 Å². The standard InChI is InChI=1S/C27H26ClN3/c28-24-10-8-21(9-11-24)23-16-25(22-6-7-22)26(18-29)27(17-23)31-14-12-30(13-15-31)19-20-4-2-1-3-5-20/h1-5,8-11,16-17,22H,6-7,12-15,19H2. The van der Waals surface area contributed by atoms with Crippen molar-refractivity contribution >= 4 is 17.3 Å². The number of hydrogen-bond acceptors (Lipinski definition) is 3. The Balaban J connectivity index is 1.41. The van der Waals surface area contributed by atoms with Crippen molar-refractivity contribution in [1.82, 2.24) is 4.90 Å². The maximum atomic E-state index is 10.0. The van der Waals surface area contributed by atoms with Gasteiger partial charge in [0.2, 0.25) is 0 Å². The van der Waals surface area contributed by atoms with Crippen LogP contribution in [-0.4, -0.2) is 31.1 Å². The van der Waals surface area contributed by atoms with Gasteiger partial charge in [0.25, 0.3) is 0 Å². The number of piperazine rings is 1. The van der Waals surface area contributed by atoms with E-state index in [1.807, 2.05) is 12.1 Å². The Kier molecular flexibility index (Phi) is 5.68. The van der Waals surface area contributed by atoms with E-state index in [4.69, 9.17) is 11.6 Å². The summed E-state index contributed by atoms with van der Waals surface area (Å²) in [4.78, 5) is 4.91. The van der Waals surface area contributed by atoms with Crippen LogP contribution in [0.4, 0.5) is 5.69 Å². The molecule has 3 aromatic carbocycles. The molecule has 0 atom stereocenters. The highest BCUT2D eigenvalue weighted by Crippen LogP contribution is 2.45. The highest BCUT2D eigenvalue weighted by molar-refractivity contribution is 6.30. The molecule has 1 heterocycles. The number of nitriles is 1. The molecule has 2 fully saturated rings. The minimum Gasteiger partial charge on any atom is -0.368 e. The van der Waals surface area contributed by atoms with Crippen molar-refractivity contribution in [1.29, 1.82) is 5.26 Å². The van der Waals surface area contributed by atoms with Crippen LogP contribution in [0.5, 0.6) is 0 Å². The maximum absolute atomic E-state index is 10.0. The predicted octanol–water partition coefficient (Wildman–Crippen LogP) is 6.08. The Morgan fingerprint density at radius 3 is 2.23 bits per heavy atom. The molecule has 1 saturated heterocycles. The zero-order valence-corrected chi connectivity index (χ0v) is 18.4. The first-order valence-corrected chi connectivity index (χ1v) is 11.4. The van der Waals surface area contributed by atoms with Gasteiger partial charge in [-0.2, -0.15) is 5.26 Å². The van der Waals surface area contributed by atoms with Crippen LogP contribution in [-0.2, 0) is 6.54 Å². The quantitative estimate of drug-likeness (QED) is 0.494. The summed E-state index contributed by atoms with van der Waals surface area (Å²) >= 11 is 6.11. The van der Waals surface area contributed by atoms with E-state index in [9.17, 15) is 5.26 Å². The van der Waals surface area contributed by atoms with Crippen molar-refractivity contribution in [3.63, 3.8) is 0 Å². The smallest absolute Gasteiger partial charge is 0.102 e. The normalized spacial score (nSPS) is 16.8. The summed E-state index contributed by atoms with van der Waals surface area (Å²) in [7, 11) is 0. The zero-order valence-electron chi connectivity index (χ0n) is 17.6. The molecule has 0 radical (unpaired) electrons. The number of hydrogen-bond donors (Lipinski definition) is 0. The van der Waals surface area contributed by atoms with Crippen molar-refractivity contribution in [3.05, 3.63) is 88.4 Å². The number of nitrogens with zero attached hydrogens (tertiary/aromatic N) is 3. The lowest BCUT2D eigenvalue weighted by Gasteiger charge is -2.37. The van der Waals surface area contributed by atoms with Gasteiger partial charge in [-0.15, -0.1) is 0 Å². The summed E-state index contributed by atoms with van der Waals surface area (Å²) in [6.45, 7) is 4.87. The second-order valence-corrected chi connectivity index (χ2v) is 9.04. The third-order valence-corrected chi connectivity index (χ3v) is 6.67. The van der Waals surface area contributed by atoms with Crippen LogP contribution in [0.2, 0.25) is 5.02 Å². The molecule has 0 N–H and O–H groups in total. The molecule has 0 unspecified atom stereocenters. The minimum absolute atomic E-state index is 0.528. The zero-order chi connectivity index (χ0) is 21.2. The topological polar surface area (TPSA) is 30.3 Å². The number of anilines is 1. The van der Waals surface area contributed by atoms with Gasteiger partial charge in [-0.1, -0.05) is 54.1 Å². The van der Waals surface area contributed by atoms with Gasteiger partial charge in [0, 0.05) is 37.7 Å². The van der Waals surface area contributed by atoms with Crippen molar-refractivity contribution in [2.24, 2.45) is 0 Å². The molecule has 5 rings (SSSR count). The maximum Gasteiger partial charge on any atom is 0.102 e. The predicted molar refractivity (Wildman–Crippen MR) is 128 cm³/mol. The van der Waals surface area contributed by atoms with Crippen LogP contribution in [0.1, 0.15) is 35.4 Å². The van der Waals surface area contributed by atoms with Gasteiger partial charge in [0.1, 0.15) is 6.07 Å². The first-order valence-electron chi connectivity index (χ1n) is 11.1. The van der Waals surface area contributed by atoms with Crippen molar-refractivity contribution < 1.29 is 0 Å². The summed E-state index contributed by atoms with van der Waals surface area (Å²) < 4.78 is 0. The van der Waals surface area contributed by atoms with E-state index >= 15 is 0 Å². The molecule has 0 aromatic heterocycles. The molecule has 3 nitrogen and oxygen atoms in total. The Morgan fingerprint density at radius 1 is 0.871 bits per heavy atom. The van der Waals surface area contributed by atoms with Crippen LogP contribution in [0.25, 0.3) is 11.1 Å². The minimum atomic E-state index is 0.528. The first-order chi connectivity index (χ1) is 15.2. The molecular formula is C27H26ClN3. The Labute approximate surface area is 189 Å². The average molecular weight is 428 g/mol. The molecule has 0 bridgehead atoms. The summed E-state index contributed by atoms with van der Waals surface area (Å²) in [5, 5.41) is 10.8. The molecule has 2 aliphatic rings. The Bertz CT molecular complexity index is 1090. The van der Waals surface area contributed by atoms with Crippen LogP contribution < -0.4 is 4.90 Å². The third kappa shape index (κ3) is 4.46. The van der Waals surface area contributed by atoms with Gasteiger partial charge >= 0.3 is 0 Å². The lowest BCUT2D eigenvalue weighted by Crippen LogP contribution is -2.46. The third-order valence-electron chi connectivity index (χ3n) is 6.42. The summed E-state index contributed by atoms with van der Waals surface area (Å²) in [6.07, 6.45) is 2.37. The molecule has 156 valence electrons. The highest BCUT2D eigenvalue weighted by atomic mass is 35.5. The largest absolute Gasteiger partial charge is 0.368 e. The molecule has 4 heteroatoms. The van der Waals surface area contributed by atoms with Crippen LogP contribution >= 0.6 is 11.6 Å². The van der Waals surface area contributed by atoms with E-state index in [1.165, 1.54) is 29.5 Å². The lowest BCUT2D eigenvalue weighted by molar-refractivity contribution is 0.250. The lowest BCUT2D eigenvalue weighted by atomic mass is 9.94. The molecule has 31 heavy (non-hydrogen) atoms. The second-order valence-electron chi connectivity index (χ2n) is 8.60. The van der Waals surface area contributed by atoms with Crippen LogP contribution in [0.15, 0.2) is 66.7 Å². The van der Waals surface area contributed by atoms with Gasteiger partial charge < -0.3 is 4.90 Å². The number of halogens is 1. The molecule has 0 amide bonds. The average Bonchev–Trinajstić information content (AvgIpc) is 3.65. The summed E-state index contributed by atoms with van der Waals surface area (Å²) in [5.41, 5.74) is 6.87. The Hall–Kier alpha value is -2.80. The fraction of sp³-hybridized carbons (Fsp3) is 0.296. The van der Waals surface area contributed by atoms with E-state index in [0.717, 1.165) is 54.6 Å². The summed E-state index contributed by atoms with van der Waals surface area (Å²) in [6, 6.07) is 25.7. The highest BCUT2D eigenvalue weighted by Gasteiger charge is 2.30. The fourth-order valence-electron chi connectivity index (χ4n) is 4.53. The van der Waals surface area contributed by atoms with Gasteiger partial charge in [0.15, 0.2) is 0 Å². The van der Waals surface area contributed by atoms with E-state index in [0.29, 0.717) is 5.92 Å². The summed E-state index contributed by atoms with van der Waals surface area (Å²) in [5.74, 6) is 0.528. The van der Waals surface area contributed by atoms with E-state index in [-0.39, 0.29) is 0 Å². The SMILES string of the molecule is N#Cc1c(C2CC2)cc(-c2ccc(Cl)cc2)cc1N1CCN(Cc2ccccc2)CC1. The fourth-order valence-corrected chi connectivity index (χ4v) is 4.66. The van der Waals surface area contributed by atoms with Crippen LogP contribution in [0, 0.1) is 11.3 Å². The molecular weight excluding hydrogens is 402 g/mol. The van der Waals surface area contributed by atoms with Crippen molar-refractivity contribution in [2.45, 2.75) is 25.3 Å². The van der Waals surface area contributed by atoms with Gasteiger partial charge in [-0.3, -0.25) is 4.90 Å². The van der Waals surface area contributed by atoms with E-state index < -0.39 is 0 Å². The van der Waals surface area contributed by atoms with Crippen molar-refractivity contribution in [2.75, 3.05) is 31.1 Å². The number of benzene rings is 3. The molecule has 1 saturated carbocycles. The van der Waals surface area contributed by atoms with Gasteiger partial charge in [0.05, 0.1) is 11.3 Å². The number of rotatable bonds is 5. The molecule has 1 aliphatic heterocycles. The van der Waals surface area contributed by atoms with Gasteiger partial charge in [-0.25, -0.2) is 0 Å². The first kappa shape index (κ1) is 20.1. The van der Waals surface area contributed by atoms with Crippen molar-refractivity contribution in [3.8, 4) is 17.2 Å². The Morgan fingerprint density at radius 2 is 1.58 bits per heavy atom. The molecule has 0 spiro atoms. The van der Waals surface area contributed by atoms with Gasteiger partial charge in [-0.05, 0) is 65.3 Å². The molecule has 3 aromatic rings. The van der Waals surface area contributed by atoms with E-state index in [2.05, 4.69) is 70.5 Å². The molecule has 1 aliphatic carbocycles. The van der Waals surface area contributed by atoms with Crippen LogP contribution in [0.3, 0.4) is 0 Å². The second kappa shape index (κ2) is 8.75.